The number of anilines is 2. The lowest BCUT2D eigenvalue weighted by atomic mass is 10.0. The van der Waals surface area contributed by atoms with Crippen LogP contribution in [-0.4, -0.2) is 38.6 Å². The molecule has 7 aromatic rings. The van der Waals surface area contributed by atoms with Crippen LogP contribution in [0.25, 0.3) is 43.1 Å². The Kier molecular flexibility index (Phi) is 8.87. The maximum Gasteiger partial charge on any atom is 0.411 e. The fourth-order valence-corrected chi connectivity index (χ4v) is 5.88. The van der Waals surface area contributed by atoms with Crippen LogP contribution in [0.4, 0.5) is 21.0 Å². The summed E-state index contributed by atoms with van der Waals surface area (Å²) in [4.78, 5) is 25.2. The third-order valence-corrected chi connectivity index (χ3v) is 8.01. The first-order chi connectivity index (χ1) is 23.7. The van der Waals surface area contributed by atoms with Crippen molar-refractivity contribution < 1.29 is 28.5 Å². The predicted octanol–water partition coefficient (Wildman–Crippen LogP) is 9.55. The van der Waals surface area contributed by atoms with Gasteiger partial charge in [-0.25, -0.2) is 9.59 Å². The van der Waals surface area contributed by atoms with Gasteiger partial charge in [-0.3, -0.25) is 10.6 Å². The SMILES string of the molecule is O=C(Nc1cccc2ccccc12)OCCOc1c2ccccc2c(OCCOC(=O)Nc2cccc3ccccc23)c2ccccc12. The lowest BCUT2D eigenvalue weighted by molar-refractivity contribution is 0.137. The topological polar surface area (TPSA) is 95.1 Å². The lowest BCUT2D eigenvalue weighted by Crippen LogP contribution is -2.18. The molecule has 8 nitrogen and oxygen atoms in total. The number of carbonyl (C=O) groups excluding carboxylic acids is 2. The average Bonchev–Trinajstić information content (AvgIpc) is 3.12. The van der Waals surface area contributed by atoms with E-state index in [4.69, 9.17) is 18.9 Å². The highest BCUT2D eigenvalue weighted by molar-refractivity contribution is 6.11. The molecule has 0 aliphatic carbocycles. The summed E-state index contributed by atoms with van der Waals surface area (Å²) < 4.78 is 23.5. The van der Waals surface area contributed by atoms with Gasteiger partial charge >= 0.3 is 12.2 Å². The molecule has 0 aliphatic rings. The molecular weight excluding hydrogens is 604 g/mol. The number of benzene rings is 7. The maximum atomic E-state index is 12.6. The van der Waals surface area contributed by atoms with Crippen LogP contribution in [0.5, 0.6) is 11.5 Å². The van der Waals surface area contributed by atoms with Gasteiger partial charge in [-0.05, 0) is 22.9 Å². The van der Waals surface area contributed by atoms with Crippen molar-refractivity contribution in [1.82, 2.24) is 0 Å². The highest BCUT2D eigenvalue weighted by atomic mass is 16.6. The Morgan fingerprint density at radius 1 is 0.396 bits per heavy atom. The number of fused-ring (bicyclic) bond motifs is 4. The summed E-state index contributed by atoms with van der Waals surface area (Å²) in [7, 11) is 0. The summed E-state index contributed by atoms with van der Waals surface area (Å²) in [6, 6.07) is 42.7. The molecule has 0 heterocycles. The molecule has 7 aromatic carbocycles. The number of hydrogen-bond acceptors (Lipinski definition) is 6. The fourth-order valence-electron chi connectivity index (χ4n) is 5.88. The van der Waals surface area contributed by atoms with Crippen molar-refractivity contribution in [3.8, 4) is 11.5 Å². The van der Waals surface area contributed by atoms with Gasteiger partial charge in [0.05, 0.1) is 11.4 Å². The summed E-state index contributed by atoms with van der Waals surface area (Å²) in [5.41, 5.74) is 1.37. The molecule has 0 spiro atoms. The van der Waals surface area contributed by atoms with Crippen LogP contribution >= 0.6 is 0 Å². The van der Waals surface area contributed by atoms with Gasteiger partial charge in [0, 0.05) is 32.3 Å². The van der Waals surface area contributed by atoms with Crippen molar-refractivity contribution in [2.24, 2.45) is 0 Å². The second-order valence-corrected chi connectivity index (χ2v) is 11.0. The van der Waals surface area contributed by atoms with E-state index in [1.54, 1.807) is 0 Å². The zero-order valence-electron chi connectivity index (χ0n) is 26.0. The zero-order valence-corrected chi connectivity index (χ0v) is 26.0. The van der Waals surface area contributed by atoms with Crippen LogP contribution in [0.1, 0.15) is 0 Å². The van der Waals surface area contributed by atoms with Gasteiger partial charge in [0.25, 0.3) is 0 Å². The van der Waals surface area contributed by atoms with E-state index in [9.17, 15) is 9.59 Å². The minimum atomic E-state index is -0.554. The van der Waals surface area contributed by atoms with Crippen molar-refractivity contribution >= 4 is 66.7 Å². The highest BCUT2D eigenvalue weighted by Gasteiger charge is 2.17. The summed E-state index contributed by atoms with van der Waals surface area (Å²) in [6.45, 7) is 0.402. The number of hydrogen-bond donors (Lipinski definition) is 2. The van der Waals surface area contributed by atoms with Crippen molar-refractivity contribution in [3.05, 3.63) is 133 Å². The normalized spacial score (nSPS) is 11.0. The molecule has 0 radical (unpaired) electrons. The van der Waals surface area contributed by atoms with E-state index in [2.05, 4.69) is 10.6 Å². The van der Waals surface area contributed by atoms with Crippen molar-refractivity contribution in [2.75, 3.05) is 37.1 Å². The molecule has 7 rings (SSSR count). The lowest BCUT2D eigenvalue weighted by Gasteiger charge is -2.18. The van der Waals surface area contributed by atoms with Crippen LogP contribution in [-0.2, 0) is 9.47 Å². The Hall–Kier alpha value is -6.28. The number of carbonyl (C=O) groups is 2. The molecule has 238 valence electrons. The molecule has 0 unspecified atom stereocenters. The van der Waals surface area contributed by atoms with Gasteiger partial charge in [0.1, 0.15) is 37.9 Å². The summed E-state index contributed by atoms with van der Waals surface area (Å²) in [5, 5.41) is 13.0. The van der Waals surface area contributed by atoms with E-state index in [-0.39, 0.29) is 26.4 Å². The van der Waals surface area contributed by atoms with Crippen LogP contribution < -0.4 is 20.1 Å². The minimum Gasteiger partial charge on any atom is -0.489 e. The molecule has 2 N–H and O–H groups in total. The first-order valence-corrected chi connectivity index (χ1v) is 15.7. The Morgan fingerprint density at radius 2 is 0.729 bits per heavy atom. The molecule has 0 fully saturated rings. The Bertz CT molecular complexity index is 2040. The third kappa shape index (κ3) is 6.50. The minimum absolute atomic E-state index is 0.0513. The van der Waals surface area contributed by atoms with Gasteiger partial charge in [-0.15, -0.1) is 0 Å². The molecule has 48 heavy (non-hydrogen) atoms. The Labute approximate surface area is 276 Å². The van der Waals surface area contributed by atoms with Crippen molar-refractivity contribution in [3.63, 3.8) is 0 Å². The first-order valence-electron chi connectivity index (χ1n) is 15.7. The molecule has 0 saturated carbocycles. The van der Waals surface area contributed by atoms with E-state index in [1.165, 1.54) is 0 Å². The molecule has 0 saturated heterocycles. The quantitative estimate of drug-likeness (QED) is 0.115. The third-order valence-electron chi connectivity index (χ3n) is 8.01. The van der Waals surface area contributed by atoms with E-state index in [0.29, 0.717) is 22.9 Å². The molecule has 8 heteroatoms. The second kappa shape index (κ2) is 14.0. The van der Waals surface area contributed by atoms with E-state index < -0.39 is 12.2 Å². The fraction of sp³-hybridized carbons (Fsp3) is 0.100. The van der Waals surface area contributed by atoms with Crippen LogP contribution in [0.2, 0.25) is 0 Å². The van der Waals surface area contributed by atoms with Crippen LogP contribution in [0.15, 0.2) is 133 Å². The molecular formula is C40H32N2O6. The Balaban J connectivity index is 0.997. The number of rotatable bonds is 10. The van der Waals surface area contributed by atoms with E-state index in [0.717, 1.165) is 43.1 Å². The largest absolute Gasteiger partial charge is 0.489 e. The van der Waals surface area contributed by atoms with Gasteiger partial charge in [0.15, 0.2) is 0 Å². The molecule has 0 aliphatic heterocycles. The summed E-state index contributed by atoms with van der Waals surface area (Å²) >= 11 is 0. The van der Waals surface area contributed by atoms with Gasteiger partial charge in [-0.2, -0.15) is 0 Å². The van der Waals surface area contributed by atoms with E-state index in [1.807, 2.05) is 133 Å². The van der Waals surface area contributed by atoms with Crippen LogP contribution in [0.3, 0.4) is 0 Å². The summed E-state index contributed by atoms with van der Waals surface area (Å²) in [6.07, 6.45) is -1.11. The predicted molar refractivity (Wildman–Crippen MR) is 190 cm³/mol. The standard InChI is InChI=1S/C40H32N2O6/c43-39(41-35-21-9-13-27-11-1-3-15-29(27)35)47-25-23-45-37-31-17-5-7-19-33(31)38(34-20-8-6-18-32(34)37)46-24-26-48-40(44)42-36-22-10-14-28-12-2-4-16-30(28)36/h1-22H,23-26H2,(H,41,43)(H,42,44). The molecule has 2 amide bonds. The first kappa shape index (κ1) is 30.4. The second-order valence-electron chi connectivity index (χ2n) is 11.0. The zero-order chi connectivity index (χ0) is 32.7. The maximum absolute atomic E-state index is 12.6. The monoisotopic (exact) mass is 636 g/mol. The van der Waals surface area contributed by atoms with Crippen molar-refractivity contribution in [1.29, 1.82) is 0 Å². The van der Waals surface area contributed by atoms with Gasteiger partial charge in [-0.1, -0.05) is 121 Å². The number of amides is 2. The Morgan fingerprint density at radius 3 is 1.12 bits per heavy atom. The van der Waals surface area contributed by atoms with Crippen molar-refractivity contribution in [2.45, 2.75) is 0 Å². The molecule has 0 aromatic heterocycles. The average molecular weight is 637 g/mol. The molecule has 0 atom stereocenters. The van der Waals surface area contributed by atoms with E-state index >= 15 is 0 Å². The number of ether oxygens (including phenoxy) is 4. The van der Waals surface area contributed by atoms with Gasteiger partial charge < -0.3 is 18.9 Å². The van der Waals surface area contributed by atoms with Crippen LogP contribution in [0, 0.1) is 0 Å². The molecule has 0 bridgehead atoms. The smallest absolute Gasteiger partial charge is 0.411 e. The summed E-state index contributed by atoms with van der Waals surface area (Å²) in [5.74, 6) is 1.33. The number of nitrogens with one attached hydrogen (secondary N) is 2. The highest BCUT2D eigenvalue weighted by Crippen LogP contribution is 2.42. The van der Waals surface area contributed by atoms with Gasteiger partial charge in [0.2, 0.25) is 0 Å².